The first-order chi connectivity index (χ1) is 22.3. The number of terminal acetylenes is 1. The molecule has 2 unspecified atom stereocenters. The highest BCUT2D eigenvalue weighted by atomic mass is 19.1. The Morgan fingerprint density at radius 2 is 2.02 bits per heavy atom. The van der Waals surface area contributed by atoms with Gasteiger partial charge in [0.25, 0.3) is 0 Å². The molecule has 4 atom stereocenters. The zero-order valence-electron chi connectivity index (χ0n) is 25.2. The normalized spacial score (nSPS) is 25.7. The first kappa shape index (κ1) is 29.1. The first-order valence-electron chi connectivity index (χ1n) is 15.6. The molecular weight excluding hydrogens is 599 g/mol. The maximum atomic E-state index is 17.0. The van der Waals surface area contributed by atoms with Crippen LogP contribution in [0, 0.1) is 24.0 Å². The Kier molecular flexibility index (Phi) is 6.88. The van der Waals surface area contributed by atoms with Crippen LogP contribution in [-0.2, 0) is 4.74 Å². The van der Waals surface area contributed by atoms with Crippen molar-refractivity contribution in [3.8, 4) is 41.2 Å². The fraction of sp³-hybridized carbons (Fsp3) is 0.441. The van der Waals surface area contributed by atoms with Crippen molar-refractivity contribution >= 4 is 27.5 Å². The quantitative estimate of drug-likeness (QED) is 0.291. The van der Waals surface area contributed by atoms with Crippen LogP contribution in [0.3, 0.4) is 0 Å². The van der Waals surface area contributed by atoms with Gasteiger partial charge in [-0.15, -0.1) is 6.42 Å². The smallest absolute Gasteiger partial charge is 0.319 e. The first-order valence-corrected chi connectivity index (χ1v) is 15.6. The minimum absolute atomic E-state index is 0.0293. The molecule has 12 heteroatoms. The van der Waals surface area contributed by atoms with Gasteiger partial charge in [0.05, 0.1) is 30.4 Å². The van der Waals surface area contributed by atoms with Crippen LogP contribution >= 0.6 is 0 Å². The largest absolute Gasteiger partial charge is 0.508 e. The van der Waals surface area contributed by atoms with Crippen molar-refractivity contribution in [1.82, 2.24) is 19.9 Å². The minimum atomic E-state index is -0.939. The number of pyridine rings is 1. The summed E-state index contributed by atoms with van der Waals surface area (Å²) in [5, 5.41) is 11.5. The molecule has 3 saturated heterocycles. The molecule has 8 rings (SSSR count). The molecule has 2 aromatic heterocycles. The predicted molar refractivity (Wildman–Crippen MR) is 165 cm³/mol. The third-order valence-electron chi connectivity index (χ3n) is 9.84. The zero-order valence-corrected chi connectivity index (χ0v) is 25.2. The zero-order chi connectivity index (χ0) is 31.7. The Bertz CT molecular complexity index is 1940. The molecule has 238 valence electrons. The molecule has 0 bridgehead atoms. The molecule has 2 aromatic carbocycles. The molecule has 4 aliphatic rings. The van der Waals surface area contributed by atoms with E-state index in [1.54, 1.807) is 0 Å². The summed E-state index contributed by atoms with van der Waals surface area (Å²) >= 11 is 0. The summed E-state index contributed by atoms with van der Waals surface area (Å²) < 4.78 is 64.3. The van der Waals surface area contributed by atoms with Crippen molar-refractivity contribution in [3.63, 3.8) is 0 Å². The number of hydrogen-bond acceptors (Lipinski definition) is 9. The molecule has 1 saturated carbocycles. The lowest BCUT2D eigenvalue weighted by Crippen LogP contribution is -2.43. The third kappa shape index (κ3) is 4.59. The Balaban J connectivity index is 1.33. The Morgan fingerprint density at radius 1 is 1.15 bits per heavy atom. The summed E-state index contributed by atoms with van der Waals surface area (Å²) in [7, 11) is 1.41. The Labute approximate surface area is 263 Å². The number of fused-ring (bicyclic) bond motifs is 4. The number of nitrogens with zero attached hydrogens (tertiary/aromatic N) is 5. The van der Waals surface area contributed by atoms with Crippen LogP contribution in [0.15, 0.2) is 24.3 Å². The number of alkyl halides is 1. The second kappa shape index (κ2) is 10.9. The van der Waals surface area contributed by atoms with E-state index in [0.29, 0.717) is 37.3 Å². The molecule has 46 heavy (non-hydrogen) atoms. The van der Waals surface area contributed by atoms with Crippen LogP contribution in [0.4, 0.5) is 19.0 Å². The van der Waals surface area contributed by atoms with Crippen molar-refractivity contribution in [2.75, 3.05) is 44.9 Å². The maximum absolute atomic E-state index is 17.0. The van der Waals surface area contributed by atoms with Crippen molar-refractivity contribution in [3.05, 3.63) is 41.5 Å². The van der Waals surface area contributed by atoms with Gasteiger partial charge < -0.3 is 24.2 Å². The lowest BCUT2D eigenvalue weighted by Gasteiger charge is -2.31. The van der Waals surface area contributed by atoms with E-state index in [1.807, 2.05) is 0 Å². The monoisotopic (exact) mass is 631 g/mol. The van der Waals surface area contributed by atoms with Crippen LogP contribution in [0.5, 0.6) is 17.6 Å². The standard InChI is InChI=1S/C34H32F3N5O4/c1-3-21-23(36)7-6-18-12-20(43)13-22(26(18)21)29-28(37)30-27(32(38-29)44-2)31(42-10-5-11-45-25-14-24(25)42)40-33(39-30)46-17-34-8-4-9-41(34)16-19(35)15-34/h1,6-7,12-13,19,24-25,43H,4-5,8-11,14-17H2,2H3/t19-,24?,25?,34+/m1/s1. The number of aromatic hydroxyl groups is 1. The van der Waals surface area contributed by atoms with Crippen molar-refractivity contribution < 1.29 is 32.5 Å². The van der Waals surface area contributed by atoms with Crippen molar-refractivity contribution in [2.24, 2.45) is 0 Å². The van der Waals surface area contributed by atoms with Crippen molar-refractivity contribution in [2.45, 2.75) is 56.0 Å². The molecule has 0 radical (unpaired) electrons. The minimum Gasteiger partial charge on any atom is -0.508 e. The van der Waals surface area contributed by atoms with E-state index in [4.69, 9.17) is 25.6 Å². The van der Waals surface area contributed by atoms with E-state index < -0.39 is 23.3 Å². The highest BCUT2D eigenvalue weighted by Gasteiger charge is 2.50. The number of methoxy groups -OCH3 is 1. The fourth-order valence-electron chi connectivity index (χ4n) is 7.67. The van der Waals surface area contributed by atoms with Crippen LogP contribution in [0.1, 0.15) is 37.7 Å². The van der Waals surface area contributed by atoms with Gasteiger partial charge in [0, 0.05) is 37.1 Å². The number of phenols is 1. The van der Waals surface area contributed by atoms with Crippen LogP contribution in [0.25, 0.3) is 32.9 Å². The number of rotatable bonds is 6. The van der Waals surface area contributed by atoms with E-state index in [9.17, 15) is 13.9 Å². The van der Waals surface area contributed by atoms with E-state index >= 15 is 4.39 Å². The van der Waals surface area contributed by atoms with Gasteiger partial charge in [-0.1, -0.05) is 12.0 Å². The van der Waals surface area contributed by atoms with Gasteiger partial charge in [-0.25, -0.2) is 18.2 Å². The average molecular weight is 632 g/mol. The highest BCUT2D eigenvalue weighted by molar-refractivity contribution is 6.04. The molecule has 9 nitrogen and oxygen atoms in total. The van der Waals surface area contributed by atoms with E-state index in [0.717, 1.165) is 32.2 Å². The van der Waals surface area contributed by atoms with Crippen molar-refractivity contribution in [1.29, 1.82) is 0 Å². The number of phenolic OH excluding ortho intramolecular Hbond substituents is 1. The van der Waals surface area contributed by atoms with Crippen LogP contribution in [0.2, 0.25) is 0 Å². The van der Waals surface area contributed by atoms with Gasteiger partial charge in [0.1, 0.15) is 46.8 Å². The Morgan fingerprint density at radius 3 is 2.85 bits per heavy atom. The summed E-state index contributed by atoms with van der Waals surface area (Å²) in [4.78, 5) is 18.1. The van der Waals surface area contributed by atoms with Gasteiger partial charge in [-0.05, 0) is 55.8 Å². The molecule has 4 aromatic rings. The SMILES string of the molecule is C#Cc1c(F)ccc2cc(O)cc(-c3nc(OC)c4c(N5CCCOC6CC65)nc(OC[C@@]56CCCN5C[C@H](F)C6)nc4c3F)c12. The summed E-state index contributed by atoms with van der Waals surface area (Å²) in [6.07, 6.45) is 8.40. The van der Waals surface area contributed by atoms with Crippen LogP contribution < -0.4 is 14.4 Å². The van der Waals surface area contributed by atoms with Gasteiger partial charge in [0.15, 0.2) is 5.82 Å². The molecule has 4 fully saturated rings. The van der Waals surface area contributed by atoms with Gasteiger partial charge in [-0.2, -0.15) is 9.97 Å². The average Bonchev–Trinajstić information content (AvgIpc) is 3.65. The van der Waals surface area contributed by atoms with Gasteiger partial charge in [-0.3, -0.25) is 4.90 Å². The highest BCUT2D eigenvalue weighted by Crippen LogP contribution is 2.45. The van der Waals surface area contributed by atoms with E-state index in [-0.39, 0.29) is 69.5 Å². The third-order valence-corrected chi connectivity index (χ3v) is 9.84. The predicted octanol–water partition coefficient (Wildman–Crippen LogP) is 5.14. The number of benzene rings is 2. The number of hydrogen-bond donors (Lipinski definition) is 1. The number of halogens is 3. The van der Waals surface area contributed by atoms with E-state index in [1.165, 1.54) is 31.4 Å². The summed E-state index contributed by atoms with van der Waals surface area (Å²) in [5.74, 6) is 1.12. The maximum Gasteiger partial charge on any atom is 0.319 e. The Hall–Kier alpha value is -4.34. The summed E-state index contributed by atoms with van der Waals surface area (Å²) in [6.45, 7) is 2.51. The molecule has 0 amide bonds. The summed E-state index contributed by atoms with van der Waals surface area (Å²) in [6, 6.07) is 5.35. The fourth-order valence-corrected chi connectivity index (χ4v) is 7.67. The number of ether oxygens (including phenoxy) is 3. The van der Waals surface area contributed by atoms with Gasteiger partial charge >= 0.3 is 6.01 Å². The molecule has 1 N–H and O–H groups in total. The van der Waals surface area contributed by atoms with Gasteiger partial charge in [0.2, 0.25) is 5.88 Å². The van der Waals surface area contributed by atoms with Crippen LogP contribution in [-0.4, -0.2) is 88.8 Å². The number of aromatic nitrogens is 3. The lowest BCUT2D eigenvalue weighted by atomic mass is 9.95. The molecule has 1 aliphatic carbocycles. The summed E-state index contributed by atoms with van der Waals surface area (Å²) in [5.41, 5.74) is -0.828. The molecular formula is C34H32F3N5O4. The second-order valence-electron chi connectivity index (χ2n) is 12.6. The lowest BCUT2D eigenvalue weighted by molar-refractivity contribution is 0.107. The number of anilines is 1. The molecule has 5 heterocycles. The molecule has 3 aliphatic heterocycles. The molecule has 0 spiro atoms. The topological polar surface area (TPSA) is 93.1 Å². The second-order valence-corrected chi connectivity index (χ2v) is 12.6. The van der Waals surface area contributed by atoms with E-state index in [2.05, 4.69) is 25.7 Å².